The third-order valence-corrected chi connectivity index (χ3v) is 5.16. The Labute approximate surface area is 149 Å². The van der Waals surface area contributed by atoms with Gasteiger partial charge in [-0.15, -0.1) is 0 Å². The number of hydrogen-bond donors (Lipinski definition) is 0. The summed E-state index contributed by atoms with van der Waals surface area (Å²) in [7, 11) is 0. The molecule has 0 spiro atoms. The molecule has 122 valence electrons. The summed E-state index contributed by atoms with van der Waals surface area (Å²) >= 11 is 13.4. The molecule has 2 heterocycles. The number of ether oxygens (including phenoxy) is 1. The molecule has 4 nitrogen and oxygen atoms in total. The molecular formula is C16H16Cl2N2O2S. The van der Waals surface area contributed by atoms with Crippen LogP contribution in [-0.4, -0.2) is 41.3 Å². The number of hydrogen-bond acceptors (Lipinski definition) is 4. The van der Waals surface area contributed by atoms with Crippen LogP contribution in [0.4, 0.5) is 0 Å². The molecule has 2 aliphatic rings. The van der Waals surface area contributed by atoms with E-state index in [1.807, 2.05) is 13.8 Å². The van der Waals surface area contributed by atoms with Crippen molar-refractivity contribution in [3.8, 4) is 0 Å². The van der Waals surface area contributed by atoms with E-state index in [4.69, 9.17) is 27.9 Å². The molecule has 0 aromatic heterocycles. The van der Waals surface area contributed by atoms with Crippen molar-refractivity contribution >= 4 is 52.1 Å². The van der Waals surface area contributed by atoms with Gasteiger partial charge in [0.1, 0.15) is 0 Å². The maximum absolute atomic E-state index is 12.2. The highest BCUT2D eigenvalue weighted by molar-refractivity contribution is 8.18. The Hall–Kier alpha value is -1.01. The van der Waals surface area contributed by atoms with Gasteiger partial charge in [-0.25, -0.2) is 0 Å². The van der Waals surface area contributed by atoms with Crippen LogP contribution in [0.25, 0.3) is 6.08 Å². The lowest BCUT2D eigenvalue weighted by atomic mass is 10.2. The number of carbonyl (C=O) groups excluding carboxylic acids is 1. The van der Waals surface area contributed by atoms with Crippen LogP contribution in [0.2, 0.25) is 10.0 Å². The molecule has 2 atom stereocenters. The summed E-state index contributed by atoms with van der Waals surface area (Å²) < 4.78 is 5.72. The van der Waals surface area contributed by atoms with E-state index in [9.17, 15) is 4.79 Å². The number of carbonyl (C=O) groups is 1. The summed E-state index contributed by atoms with van der Waals surface area (Å²) in [5.41, 5.74) is 0.757. The zero-order valence-electron chi connectivity index (χ0n) is 12.8. The number of benzene rings is 1. The Bertz CT molecular complexity index is 695. The minimum atomic E-state index is -0.234. The van der Waals surface area contributed by atoms with Gasteiger partial charge in [-0.3, -0.25) is 4.79 Å². The molecule has 1 fully saturated rings. The Balaban J connectivity index is 1.78. The van der Waals surface area contributed by atoms with Crippen LogP contribution in [0.5, 0.6) is 0 Å². The summed E-state index contributed by atoms with van der Waals surface area (Å²) in [5.74, 6) is -0.234. The average molecular weight is 371 g/mol. The number of halogens is 2. The number of amidine groups is 1. The largest absolute Gasteiger partial charge is 0.372 e. The molecular weight excluding hydrogens is 355 g/mol. The third-order valence-electron chi connectivity index (χ3n) is 3.55. The van der Waals surface area contributed by atoms with Gasteiger partial charge in [0.25, 0.3) is 5.91 Å². The first-order valence-electron chi connectivity index (χ1n) is 7.30. The lowest BCUT2D eigenvalue weighted by molar-refractivity contribution is -0.113. The summed E-state index contributed by atoms with van der Waals surface area (Å²) in [6, 6.07) is 5.20. The monoisotopic (exact) mass is 370 g/mol. The molecule has 1 amide bonds. The minimum Gasteiger partial charge on any atom is -0.372 e. The molecule has 1 aromatic carbocycles. The van der Waals surface area contributed by atoms with Crippen molar-refractivity contribution in [2.45, 2.75) is 26.1 Å². The van der Waals surface area contributed by atoms with E-state index in [-0.39, 0.29) is 18.1 Å². The highest BCUT2D eigenvalue weighted by Gasteiger charge is 2.31. The van der Waals surface area contributed by atoms with Gasteiger partial charge in [-0.1, -0.05) is 29.3 Å². The van der Waals surface area contributed by atoms with Crippen LogP contribution in [0.1, 0.15) is 19.4 Å². The Morgan fingerprint density at radius 3 is 2.65 bits per heavy atom. The minimum absolute atomic E-state index is 0.121. The van der Waals surface area contributed by atoms with Crippen molar-refractivity contribution in [2.24, 2.45) is 4.99 Å². The fraction of sp³-hybridized carbons (Fsp3) is 0.375. The van der Waals surface area contributed by atoms with E-state index in [1.165, 1.54) is 11.8 Å². The first kappa shape index (κ1) is 16.8. The van der Waals surface area contributed by atoms with Gasteiger partial charge in [0.2, 0.25) is 0 Å². The molecule has 0 unspecified atom stereocenters. The fourth-order valence-electron chi connectivity index (χ4n) is 2.63. The second kappa shape index (κ2) is 6.85. The predicted octanol–water partition coefficient (Wildman–Crippen LogP) is 4.07. The van der Waals surface area contributed by atoms with Crippen molar-refractivity contribution in [1.82, 2.24) is 4.90 Å². The maximum Gasteiger partial charge on any atom is 0.286 e. The topological polar surface area (TPSA) is 41.9 Å². The highest BCUT2D eigenvalue weighted by atomic mass is 35.5. The van der Waals surface area contributed by atoms with Gasteiger partial charge in [-0.05, 0) is 49.4 Å². The Kier molecular flexibility index (Phi) is 5.01. The molecule has 0 bridgehead atoms. The molecule has 0 radical (unpaired) electrons. The molecule has 7 heteroatoms. The molecule has 1 aromatic rings. The first-order chi connectivity index (χ1) is 10.9. The summed E-state index contributed by atoms with van der Waals surface area (Å²) in [6.07, 6.45) is 2.00. The average Bonchev–Trinajstić information content (AvgIpc) is 2.82. The summed E-state index contributed by atoms with van der Waals surface area (Å²) in [6.45, 7) is 5.51. The molecule has 2 aliphatic heterocycles. The van der Waals surface area contributed by atoms with E-state index < -0.39 is 0 Å². The van der Waals surface area contributed by atoms with Crippen LogP contribution in [0.15, 0.2) is 28.1 Å². The Morgan fingerprint density at radius 1 is 1.30 bits per heavy atom. The molecule has 3 rings (SSSR count). The van der Waals surface area contributed by atoms with Crippen LogP contribution < -0.4 is 0 Å². The van der Waals surface area contributed by atoms with Crippen LogP contribution >= 0.6 is 35.0 Å². The first-order valence-corrected chi connectivity index (χ1v) is 8.87. The molecule has 23 heavy (non-hydrogen) atoms. The molecule has 0 saturated carbocycles. The van der Waals surface area contributed by atoms with Crippen molar-refractivity contribution in [1.29, 1.82) is 0 Å². The summed E-state index contributed by atoms with van der Waals surface area (Å²) in [5, 5.41) is 1.81. The van der Waals surface area contributed by atoms with E-state index in [1.54, 1.807) is 24.3 Å². The zero-order chi connectivity index (χ0) is 16.6. The number of aliphatic imine (C=N–C) groups is 1. The van der Waals surface area contributed by atoms with Crippen molar-refractivity contribution in [2.75, 3.05) is 13.1 Å². The number of amides is 1. The van der Waals surface area contributed by atoms with Gasteiger partial charge in [0.05, 0.1) is 17.1 Å². The molecule has 1 saturated heterocycles. The van der Waals surface area contributed by atoms with Crippen LogP contribution in [0.3, 0.4) is 0 Å². The number of nitrogens with zero attached hydrogens (tertiary/aromatic N) is 2. The normalized spacial score (nSPS) is 26.8. The lowest BCUT2D eigenvalue weighted by Crippen LogP contribution is -2.47. The quantitative estimate of drug-likeness (QED) is 0.698. The maximum atomic E-state index is 12.2. The standard InChI is InChI=1S/C16H16Cl2N2O2S/c1-9-7-20(8-10(2)22-9)16-19-15(21)14(23-16)5-11-3-4-12(17)6-13(11)18/h3-6,9-10H,7-8H2,1-2H3/b14-5+/t9-,10-/m0/s1. The van der Waals surface area contributed by atoms with Crippen molar-refractivity contribution in [3.63, 3.8) is 0 Å². The summed E-state index contributed by atoms with van der Waals surface area (Å²) in [4.78, 5) is 19.0. The van der Waals surface area contributed by atoms with Crippen molar-refractivity contribution < 1.29 is 9.53 Å². The zero-order valence-corrected chi connectivity index (χ0v) is 15.1. The number of thioether (sulfide) groups is 1. The highest BCUT2D eigenvalue weighted by Crippen LogP contribution is 2.33. The fourth-order valence-corrected chi connectivity index (χ4v) is 4.01. The van der Waals surface area contributed by atoms with Crippen molar-refractivity contribution in [3.05, 3.63) is 38.7 Å². The van der Waals surface area contributed by atoms with Gasteiger partial charge >= 0.3 is 0 Å². The van der Waals surface area contributed by atoms with E-state index in [0.717, 1.165) is 23.8 Å². The second-order valence-electron chi connectivity index (χ2n) is 5.64. The van der Waals surface area contributed by atoms with Gasteiger partial charge in [0.15, 0.2) is 5.17 Å². The smallest absolute Gasteiger partial charge is 0.286 e. The SMILES string of the molecule is C[C@H]1CN(C2=NC(=O)/C(=C\c3ccc(Cl)cc3Cl)S2)C[C@H](C)O1. The lowest BCUT2D eigenvalue weighted by Gasteiger charge is -2.35. The van der Waals surface area contributed by atoms with E-state index in [2.05, 4.69) is 9.89 Å². The third kappa shape index (κ3) is 3.91. The van der Waals surface area contributed by atoms with Crippen LogP contribution in [0, 0.1) is 0 Å². The molecule has 0 N–H and O–H groups in total. The van der Waals surface area contributed by atoms with E-state index >= 15 is 0 Å². The number of morpholine rings is 1. The molecule has 0 aliphatic carbocycles. The number of rotatable bonds is 1. The van der Waals surface area contributed by atoms with Gasteiger partial charge in [-0.2, -0.15) is 4.99 Å². The Morgan fingerprint density at radius 2 is 2.00 bits per heavy atom. The van der Waals surface area contributed by atoms with Gasteiger partial charge in [0, 0.05) is 23.1 Å². The second-order valence-corrected chi connectivity index (χ2v) is 7.49. The van der Waals surface area contributed by atoms with Gasteiger partial charge < -0.3 is 9.64 Å². The predicted molar refractivity (Wildman–Crippen MR) is 96.1 cm³/mol. The van der Waals surface area contributed by atoms with E-state index in [0.29, 0.717) is 15.0 Å². The van der Waals surface area contributed by atoms with Crippen LogP contribution in [-0.2, 0) is 9.53 Å².